The van der Waals surface area contributed by atoms with Crippen LogP contribution in [0, 0.1) is 5.82 Å². The first-order valence-corrected chi connectivity index (χ1v) is 7.27. The number of nitrogens with one attached hydrogen (secondary N) is 2. The Hall–Kier alpha value is -1.76. The molecule has 0 saturated heterocycles. The maximum Gasteiger partial charge on any atom is 0.225 e. The molecule has 0 aliphatic heterocycles. The fraction of sp³-hybridized carbons (Fsp3) is 0.0714. The van der Waals surface area contributed by atoms with E-state index in [1.54, 1.807) is 12.1 Å². The number of hydrogen-bond acceptors (Lipinski definition) is 4. The largest absolute Gasteiger partial charge is 0.322 e. The van der Waals surface area contributed by atoms with Crippen LogP contribution >= 0.6 is 23.4 Å². The SMILES string of the molecule is CONc1nc2ccc(Sc3ccc(F)c(Cl)c3)cc2[nH]1. The van der Waals surface area contributed by atoms with E-state index in [1.165, 1.54) is 24.9 Å². The van der Waals surface area contributed by atoms with Gasteiger partial charge in [-0.25, -0.2) is 14.9 Å². The van der Waals surface area contributed by atoms with Gasteiger partial charge in [0.1, 0.15) is 5.82 Å². The highest BCUT2D eigenvalue weighted by Crippen LogP contribution is 2.32. The number of anilines is 1. The molecule has 0 radical (unpaired) electrons. The van der Waals surface area contributed by atoms with E-state index in [4.69, 9.17) is 16.4 Å². The summed E-state index contributed by atoms with van der Waals surface area (Å²) in [6.07, 6.45) is 0. The average Bonchev–Trinajstić information content (AvgIpc) is 2.85. The number of benzene rings is 2. The Balaban J connectivity index is 1.88. The van der Waals surface area contributed by atoms with Crippen LogP contribution in [0.3, 0.4) is 0 Å². The minimum Gasteiger partial charge on any atom is -0.322 e. The lowest BCUT2D eigenvalue weighted by atomic mass is 10.3. The molecule has 0 spiro atoms. The third kappa shape index (κ3) is 3.12. The molecule has 4 nitrogen and oxygen atoms in total. The summed E-state index contributed by atoms with van der Waals surface area (Å²) in [6, 6.07) is 10.5. The van der Waals surface area contributed by atoms with E-state index in [2.05, 4.69) is 15.4 Å². The average molecular weight is 324 g/mol. The molecular formula is C14H11ClFN3OS. The molecule has 0 atom stereocenters. The Morgan fingerprint density at radius 1 is 1.24 bits per heavy atom. The summed E-state index contributed by atoms with van der Waals surface area (Å²) in [5.41, 5.74) is 4.36. The van der Waals surface area contributed by atoms with Crippen LogP contribution in [0.2, 0.25) is 5.02 Å². The van der Waals surface area contributed by atoms with Crippen LogP contribution in [0.1, 0.15) is 0 Å². The van der Waals surface area contributed by atoms with E-state index >= 15 is 0 Å². The molecule has 0 amide bonds. The van der Waals surface area contributed by atoms with Gasteiger partial charge in [0.05, 0.1) is 23.2 Å². The molecule has 0 aliphatic carbocycles. The lowest BCUT2D eigenvalue weighted by Gasteiger charge is -2.03. The normalized spacial score (nSPS) is 11.0. The summed E-state index contributed by atoms with van der Waals surface area (Å²) in [4.78, 5) is 14.1. The fourth-order valence-corrected chi connectivity index (χ4v) is 3.02. The standard InChI is InChI=1S/C14H11ClFN3OS/c1-20-19-14-17-12-5-3-9(7-13(12)18-14)21-8-2-4-11(16)10(15)6-8/h2-7H,1H3,(H2,17,18,19). The van der Waals surface area contributed by atoms with Crippen molar-refractivity contribution < 1.29 is 9.23 Å². The van der Waals surface area contributed by atoms with E-state index in [0.29, 0.717) is 5.95 Å². The Morgan fingerprint density at radius 2 is 2.00 bits per heavy atom. The highest BCUT2D eigenvalue weighted by molar-refractivity contribution is 7.99. The number of H-pyrrole nitrogens is 1. The minimum absolute atomic E-state index is 0.120. The van der Waals surface area contributed by atoms with Gasteiger partial charge in [0.2, 0.25) is 5.95 Å². The van der Waals surface area contributed by atoms with Crippen LogP contribution in [-0.2, 0) is 4.84 Å². The van der Waals surface area contributed by atoms with Gasteiger partial charge in [0.15, 0.2) is 0 Å². The number of imidazole rings is 1. The summed E-state index contributed by atoms with van der Waals surface area (Å²) in [5.74, 6) is 0.125. The Morgan fingerprint density at radius 3 is 2.76 bits per heavy atom. The van der Waals surface area contributed by atoms with Crippen molar-refractivity contribution in [3.05, 3.63) is 47.2 Å². The number of nitrogens with zero attached hydrogens (tertiary/aromatic N) is 1. The predicted octanol–water partition coefficient (Wildman–Crippen LogP) is 4.48. The zero-order valence-electron chi connectivity index (χ0n) is 11.0. The van der Waals surface area contributed by atoms with Gasteiger partial charge >= 0.3 is 0 Å². The van der Waals surface area contributed by atoms with Gasteiger partial charge in [0.25, 0.3) is 0 Å². The lowest BCUT2D eigenvalue weighted by molar-refractivity contribution is 0.267. The molecule has 0 fully saturated rings. The van der Waals surface area contributed by atoms with Crippen LogP contribution in [0.25, 0.3) is 11.0 Å². The number of aromatic amines is 1. The molecule has 2 N–H and O–H groups in total. The van der Waals surface area contributed by atoms with E-state index in [9.17, 15) is 4.39 Å². The number of rotatable bonds is 4. The number of halogens is 2. The van der Waals surface area contributed by atoms with Crippen LogP contribution in [0.4, 0.5) is 10.3 Å². The summed E-state index contributed by atoms with van der Waals surface area (Å²) in [6.45, 7) is 0. The Labute approximate surface area is 129 Å². The first-order chi connectivity index (χ1) is 10.2. The van der Waals surface area contributed by atoms with Gasteiger partial charge in [-0.3, -0.25) is 4.84 Å². The number of fused-ring (bicyclic) bond motifs is 1. The van der Waals surface area contributed by atoms with E-state index in [0.717, 1.165) is 20.8 Å². The van der Waals surface area contributed by atoms with Gasteiger partial charge in [0, 0.05) is 9.79 Å². The number of hydrogen-bond donors (Lipinski definition) is 2. The molecule has 3 rings (SSSR count). The molecule has 0 bridgehead atoms. The van der Waals surface area contributed by atoms with Crippen molar-refractivity contribution in [3.8, 4) is 0 Å². The zero-order valence-corrected chi connectivity index (χ0v) is 12.6. The highest BCUT2D eigenvalue weighted by Gasteiger charge is 2.06. The second-order valence-electron chi connectivity index (χ2n) is 4.25. The summed E-state index contributed by atoms with van der Waals surface area (Å²) >= 11 is 7.28. The lowest BCUT2D eigenvalue weighted by Crippen LogP contribution is -1.96. The topological polar surface area (TPSA) is 49.9 Å². The van der Waals surface area contributed by atoms with E-state index < -0.39 is 5.82 Å². The van der Waals surface area contributed by atoms with Crippen LogP contribution in [0.5, 0.6) is 0 Å². The van der Waals surface area contributed by atoms with Crippen molar-refractivity contribution in [2.24, 2.45) is 0 Å². The summed E-state index contributed by atoms with van der Waals surface area (Å²) in [5, 5.41) is 0.120. The Kier molecular flexibility index (Phi) is 4.01. The summed E-state index contributed by atoms with van der Waals surface area (Å²) < 4.78 is 13.1. The van der Waals surface area contributed by atoms with Gasteiger partial charge in [-0.15, -0.1) is 0 Å². The second kappa shape index (κ2) is 5.93. The molecule has 0 unspecified atom stereocenters. The Bertz CT molecular complexity index is 793. The van der Waals surface area contributed by atoms with Crippen molar-refractivity contribution >= 4 is 40.3 Å². The third-order valence-corrected chi connectivity index (χ3v) is 4.05. The zero-order chi connectivity index (χ0) is 14.8. The third-order valence-electron chi connectivity index (χ3n) is 2.78. The molecular weight excluding hydrogens is 313 g/mol. The van der Waals surface area contributed by atoms with E-state index in [-0.39, 0.29) is 5.02 Å². The molecule has 108 valence electrons. The molecule has 0 saturated carbocycles. The number of aromatic nitrogens is 2. The van der Waals surface area contributed by atoms with Crippen molar-refractivity contribution in [3.63, 3.8) is 0 Å². The van der Waals surface area contributed by atoms with Crippen molar-refractivity contribution in [1.29, 1.82) is 0 Å². The first kappa shape index (κ1) is 14.2. The molecule has 2 aromatic carbocycles. The maximum absolute atomic E-state index is 13.1. The van der Waals surface area contributed by atoms with Crippen molar-refractivity contribution in [2.45, 2.75) is 9.79 Å². The highest BCUT2D eigenvalue weighted by atomic mass is 35.5. The van der Waals surface area contributed by atoms with Crippen LogP contribution in [-0.4, -0.2) is 17.1 Å². The first-order valence-electron chi connectivity index (χ1n) is 6.07. The molecule has 1 aromatic heterocycles. The molecule has 21 heavy (non-hydrogen) atoms. The maximum atomic E-state index is 13.1. The monoisotopic (exact) mass is 323 g/mol. The molecule has 3 aromatic rings. The van der Waals surface area contributed by atoms with Crippen molar-refractivity contribution in [2.75, 3.05) is 12.6 Å². The van der Waals surface area contributed by atoms with Crippen LogP contribution < -0.4 is 5.48 Å². The smallest absolute Gasteiger partial charge is 0.225 e. The molecule has 1 heterocycles. The van der Waals surface area contributed by atoms with Gasteiger partial charge in [-0.2, -0.15) is 0 Å². The quantitative estimate of drug-likeness (QED) is 0.695. The van der Waals surface area contributed by atoms with E-state index in [1.807, 2.05) is 18.2 Å². The second-order valence-corrected chi connectivity index (χ2v) is 5.80. The van der Waals surface area contributed by atoms with Crippen LogP contribution in [0.15, 0.2) is 46.2 Å². The van der Waals surface area contributed by atoms with Crippen molar-refractivity contribution in [1.82, 2.24) is 9.97 Å². The summed E-state index contributed by atoms with van der Waals surface area (Å²) in [7, 11) is 1.52. The van der Waals surface area contributed by atoms with Gasteiger partial charge in [-0.1, -0.05) is 23.4 Å². The van der Waals surface area contributed by atoms with Gasteiger partial charge < -0.3 is 4.98 Å². The van der Waals surface area contributed by atoms with Gasteiger partial charge in [-0.05, 0) is 36.4 Å². The minimum atomic E-state index is -0.416. The molecule has 0 aliphatic rings. The molecule has 7 heteroatoms. The predicted molar refractivity (Wildman–Crippen MR) is 82.3 cm³/mol. The fourth-order valence-electron chi connectivity index (χ4n) is 1.87.